The number of esters is 1. The first-order valence-electron chi connectivity index (χ1n) is 12.1. The van der Waals surface area contributed by atoms with Gasteiger partial charge in [0.15, 0.2) is 11.6 Å². The molecule has 2 unspecified atom stereocenters. The summed E-state index contributed by atoms with van der Waals surface area (Å²) in [6.45, 7) is 6.54. The molecule has 36 heavy (non-hydrogen) atoms. The Bertz CT molecular complexity index is 1250. The second kappa shape index (κ2) is 10.9. The summed E-state index contributed by atoms with van der Waals surface area (Å²) < 4.78 is 32.4. The highest BCUT2D eigenvalue weighted by molar-refractivity contribution is 5.90. The van der Waals surface area contributed by atoms with Crippen molar-refractivity contribution in [3.8, 4) is 5.75 Å². The van der Waals surface area contributed by atoms with Gasteiger partial charge in [-0.3, -0.25) is 9.59 Å². The first-order valence-corrected chi connectivity index (χ1v) is 12.1. The Kier molecular flexibility index (Phi) is 7.67. The van der Waals surface area contributed by atoms with Crippen LogP contribution in [0.1, 0.15) is 49.8 Å². The molecule has 0 radical (unpaired) electrons. The number of carbonyl (C=O) groups excluding carboxylic acids is 2. The molecule has 0 saturated carbocycles. The Hall–Kier alpha value is -3.74. The van der Waals surface area contributed by atoms with E-state index in [1.165, 1.54) is 6.07 Å². The van der Waals surface area contributed by atoms with Crippen molar-refractivity contribution in [1.82, 2.24) is 5.32 Å². The lowest BCUT2D eigenvalue weighted by atomic mass is 9.87. The van der Waals surface area contributed by atoms with Crippen molar-refractivity contribution in [2.24, 2.45) is 5.92 Å². The van der Waals surface area contributed by atoms with E-state index in [0.29, 0.717) is 17.9 Å². The third-order valence-electron chi connectivity index (χ3n) is 6.48. The molecule has 3 aromatic rings. The van der Waals surface area contributed by atoms with Crippen LogP contribution in [-0.2, 0) is 22.7 Å². The molecular formula is C29H30F2N2O3. The van der Waals surface area contributed by atoms with Crippen LogP contribution in [0.5, 0.6) is 5.75 Å². The van der Waals surface area contributed by atoms with Gasteiger partial charge in [-0.15, -0.1) is 0 Å². The van der Waals surface area contributed by atoms with Crippen molar-refractivity contribution < 1.29 is 23.1 Å². The Labute approximate surface area is 210 Å². The zero-order valence-corrected chi connectivity index (χ0v) is 20.6. The van der Waals surface area contributed by atoms with Crippen molar-refractivity contribution in [3.05, 3.63) is 95.1 Å². The number of ether oxygens (including phenoxy) is 1. The largest absolute Gasteiger partial charge is 0.426 e. The summed E-state index contributed by atoms with van der Waals surface area (Å²) in [7, 11) is 0. The van der Waals surface area contributed by atoms with Crippen LogP contribution in [0.4, 0.5) is 14.5 Å². The molecule has 0 bridgehead atoms. The van der Waals surface area contributed by atoms with Crippen LogP contribution in [-0.4, -0.2) is 17.9 Å². The molecule has 0 fully saturated rings. The average molecular weight is 493 g/mol. The number of nitrogens with one attached hydrogen (secondary N) is 1. The smallest absolute Gasteiger partial charge is 0.310 e. The van der Waals surface area contributed by atoms with E-state index in [4.69, 9.17) is 4.74 Å². The second-order valence-electron chi connectivity index (χ2n) is 9.34. The van der Waals surface area contributed by atoms with Gasteiger partial charge < -0.3 is 15.0 Å². The molecule has 1 aliphatic rings. The van der Waals surface area contributed by atoms with Crippen molar-refractivity contribution in [1.29, 1.82) is 0 Å². The number of hydrogen-bond acceptors (Lipinski definition) is 4. The molecule has 2 atom stereocenters. The molecule has 1 N–H and O–H groups in total. The van der Waals surface area contributed by atoms with Crippen molar-refractivity contribution in [3.63, 3.8) is 0 Å². The average Bonchev–Trinajstić information content (AvgIpc) is 3.18. The minimum absolute atomic E-state index is 0.0809. The zero-order chi connectivity index (χ0) is 25.8. The summed E-state index contributed by atoms with van der Waals surface area (Å²) in [4.78, 5) is 27.7. The summed E-state index contributed by atoms with van der Waals surface area (Å²) in [5, 5.41) is 2.91. The van der Waals surface area contributed by atoms with E-state index in [1.54, 1.807) is 13.0 Å². The molecule has 0 aliphatic carbocycles. The standard InChI is InChI=1S/C29H30F2N2O3/c1-4-26(34)36-21-11-12-22-25(15-21)33(17-19-8-6-5-7-9-19)28(18(2)3)27(22)29(35)32-16-20-10-13-23(30)24(31)14-20/h5-15,18,27-28H,4,16-17H2,1-3H3,(H,32,35). The third kappa shape index (κ3) is 5.40. The van der Waals surface area contributed by atoms with E-state index < -0.39 is 17.6 Å². The number of fused-ring (bicyclic) bond motifs is 1. The summed E-state index contributed by atoms with van der Waals surface area (Å²) in [5.41, 5.74) is 3.24. The van der Waals surface area contributed by atoms with Crippen LogP contribution in [0, 0.1) is 17.6 Å². The molecule has 0 aromatic heterocycles. The fourth-order valence-corrected chi connectivity index (χ4v) is 4.79. The summed E-state index contributed by atoms with van der Waals surface area (Å²) in [6, 6.07) is 18.8. The van der Waals surface area contributed by atoms with Gasteiger partial charge in [0.25, 0.3) is 0 Å². The molecule has 188 valence electrons. The summed E-state index contributed by atoms with van der Waals surface area (Å²) in [5.74, 6) is -2.35. The van der Waals surface area contributed by atoms with Gasteiger partial charge in [0, 0.05) is 37.3 Å². The van der Waals surface area contributed by atoms with Crippen LogP contribution < -0.4 is 15.0 Å². The fourth-order valence-electron chi connectivity index (χ4n) is 4.79. The van der Waals surface area contributed by atoms with Crippen molar-refractivity contribution in [2.75, 3.05) is 4.90 Å². The first kappa shape index (κ1) is 25.4. The number of nitrogens with zero attached hydrogens (tertiary/aromatic N) is 1. The molecule has 5 nitrogen and oxygen atoms in total. The van der Waals surface area contributed by atoms with Crippen LogP contribution in [0.3, 0.4) is 0 Å². The minimum Gasteiger partial charge on any atom is -0.426 e. The van der Waals surface area contributed by atoms with Crippen molar-refractivity contribution in [2.45, 2.75) is 52.2 Å². The lowest BCUT2D eigenvalue weighted by Gasteiger charge is -2.33. The fraction of sp³-hybridized carbons (Fsp3) is 0.310. The monoisotopic (exact) mass is 492 g/mol. The Balaban J connectivity index is 1.67. The van der Waals surface area contributed by atoms with Gasteiger partial charge in [-0.05, 0) is 40.8 Å². The van der Waals surface area contributed by atoms with E-state index in [2.05, 4.69) is 24.1 Å². The lowest BCUT2D eigenvalue weighted by Crippen LogP contribution is -2.43. The highest BCUT2D eigenvalue weighted by atomic mass is 19.2. The first-order chi connectivity index (χ1) is 17.3. The highest BCUT2D eigenvalue weighted by Crippen LogP contribution is 2.46. The number of hydrogen-bond donors (Lipinski definition) is 1. The lowest BCUT2D eigenvalue weighted by molar-refractivity contribution is -0.134. The second-order valence-corrected chi connectivity index (χ2v) is 9.34. The predicted molar refractivity (Wildman–Crippen MR) is 135 cm³/mol. The molecule has 3 aromatic carbocycles. The molecule has 0 spiro atoms. The van der Waals surface area contributed by atoms with Gasteiger partial charge in [-0.25, -0.2) is 8.78 Å². The molecule has 7 heteroatoms. The van der Waals surface area contributed by atoms with E-state index in [0.717, 1.165) is 28.9 Å². The highest BCUT2D eigenvalue weighted by Gasteiger charge is 2.44. The van der Waals surface area contributed by atoms with Gasteiger partial charge in [-0.2, -0.15) is 0 Å². The summed E-state index contributed by atoms with van der Waals surface area (Å²) >= 11 is 0. The van der Waals surface area contributed by atoms with E-state index in [-0.39, 0.29) is 36.8 Å². The number of anilines is 1. The molecular weight excluding hydrogens is 462 g/mol. The Morgan fingerprint density at radius 3 is 2.39 bits per heavy atom. The molecule has 1 heterocycles. The quantitative estimate of drug-likeness (QED) is 0.323. The number of amides is 1. The number of rotatable bonds is 8. The van der Waals surface area contributed by atoms with Gasteiger partial charge in [0.1, 0.15) is 5.75 Å². The minimum atomic E-state index is -0.948. The number of benzene rings is 3. The van der Waals surface area contributed by atoms with Crippen molar-refractivity contribution >= 4 is 17.6 Å². The summed E-state index contributed by atoms with van der Waals surface area (Å²) in [6.07, 6.45) is 0.258. The van der Waals surface area contributed by atoms with Crippen LogP contribution >= 0.6 is 0 Å². The maximum Gasteiger partial charge on any atom is 0.310 e. The predicted octanol–water partition coefficient (Wildman–Crippen LogP) is 5.73. The van der Waals surface area contributed by atoms with Gasteiger partial charge in [-0.1, -0.05) is 63.2 Å². The normalized spacial score (nSPS) is 16.7. The topological polar surface area (TPSA) is 58.6 Å². The Morgan fingerprint density at radius 1 is 0.972 bits per heavy atom. The van der Waals surface area contributed by atoms with E-state index in [1.807, 2.05) is 42.5 Å². The van der Waals surface area contributed by atoms with Crippen LogP contribution in [0.2, 0.25) is 0 Å². The third-order valence-corrected chi connectivity index (χ3v) is 6.48. The zero-order valence-electron chi connectivity index (χ0n) is 20.6. The van der Waals surface area contributed by atoms with Crippen LogP contribution in [0.15, 0.2) is 66.7 Å². The maximum absolute atomic E-state index is 13.7. The maximum atomic E-state index is 13.7. The Morgan fingerprint density at radius 2 is 1.72 bits per heavy atom. The SMILES string of the molecule is CCC(=O)Oc1ccc2c(c1)N(Cc1ccccc1)C(C(C)C)C2C(=O)NCc1ccc(F)c(F)c1. The van der Waals surface area contributed by atoms with Crippen LogP contribution in [0.25, 0.3) is 0 Å². The van der Waals surface area contributed by atoms with E-state index in [9.17, 15) is 18.4 Å². The molecule has 1 amide bonds. The molecule has 0 saturated heterocycles. The molecule has 1 aliphatic heterocycles. The van der Waals surface area contributed by atoms with E-state index >= 15 is 0 Å². The van der Waals surface area contributed by atoms with Gasteiger partial charge in [0.05, 0.1) is 5.92 Å². The molecule has 4 rings (SSSR count). The van der Waals surface area contributed by atoms with Gasteiger partial charge in [0.2, 0.25) is 5.91 Å². The number of halogens is 2. The number of carbonyl (C=O) groups is 2. The van der Waals surface area contributed by atoms with Gasteiger partial charge >= 0.3 is 5.97 Å².